The molecule has 1 amide bonds. The molecular weight excluding hydrogens is 180 g/mol. The van der Waals surface area contributed by atoms with Crippen LogP contribution in [0.25, 0.3) is 0 Å². The highest BCUT2D eigenvalue weighted by Crippen LogP contribution is 2.00. The van der Waals surface area contributed by atoms with Crippen molar-refractivity contribution in [3.05, 3.63) is 24.5 Å². The van der Waals surface area contributed by atoms with Crippen molar-refractivity contribution in [1.82, 2.24) is 19.9 Å². The molecule has 0 atom stereocenters. The molecule has 5 nitrogen and oxygen atoms in total. The van der Waals surface area contributed by atoms with Gasteiger partial charge in [0.25, 0.3) is 0 Å². The van der Waals surface area contributed by atoms with Crippen LogP contribution in [0.15, 0.2) is 18.9 Å². The zero-order chi connectivity index (χ0) is 10.6. The zero-order valence-electron chi connectivity index (χ0n) is 8.47. The number of carbonyl (C=O) groups excluding carboxylic acids is 1. The standard InChI is InChI=1S/C9H14N4O/c1-4-9(14)13(5-2)7-8-6-12(3)11-10-8/h4,6H,1,5,7H2,2-3H3. The smallest absolute Gasteiger partial charge is 0.246 e. The van der Waals surface area contributed by atoms with Crippen molar-refractivity contribution >= 4 is 5.91 Å². The molecule has 1 aromatic rings. The molecule has 1 heterocycles. The lowest BCUT2D eigenvalue weighted by atomic mass is 10.4. The van der Waals surface area contributed by atoms with Crippen LogP contribution in [0.1, 0.15) is 12.6 Å². The Morgan fingerprint density at radius 3 is 2.93 bits per heavy atom. The minimum atomic E-state index is -0.0850. The molecule has 0 spiro atoms. The van der Waals surface area contributed by atoms with E-state index in [-0.39, 0.29) is 5.91 Å². The summed E-state index contributed by atoms with van der Waals surface area (Å²) in [6.07, 6.45) is 3.10. The molecule has 0 aliphatic heterocycles. The third kappa shape index (κ3) is 2.42. The number of hydrogen-bond donors (Lipinski definition) is 0. The molecule has 0 unspecified atom stereocenters. The van der Waals surface area contributed by atoms with Crippen molar-refractivity contribution in [2.24, 2.45) is 7.05 Å². The van der Waals surface area contributed by atoms with Crippen molar-refractivity contribution in [3.8, 4) is 0 Å². The summed E-state index contributed by atoms with van der Waals surface area (Å²) in [6, 6.07) is 0. The van der Waals surface area contributed by atoms with Gasteiger partial charge in [-0.2, -0.15) is 0 Å². The fraction of sp³-hybridized carbons (Fsp3) is 0.444. The second-order valence-corrected chi connectivity index (χ2v) is 2.94. The fourth-order valence-corrected chi connectivity index (χ4v) is 1.14. The highest BCUT2D eigenvalue weighted by Gasteiger charge is 2.09. The third-order valence-corrected chi connectivity index (χ3v) is 1.87. The Labute approximate surface area is 83.0 Å². The van der Waals surface area contributed by atoms with E-state index in [4.69, 9.17) is 0 Å². The van der Waals surface area contributed by atoms with Crippen LogP contribution >= 0.6 is 0 Å². The second kappa shape index (κ2) is 4.55. The lowest BCUT2D eigenvalue weighted by molar-refractivity contribution is -0.126. The molecule has 0 N–H and O–H groups in total. The van der Waals surface area contributed by atoms with E-state index in [1.807, 2.05) is 6.92 Å². The lowest BCUT2D eigenvalue weighted by Gasteiger charge is -2.16. The number of aryl methyl sites for hydroxylation is 1. The SMILES string of the molecule is C=CC(=O)N(CC)Cc1cn(C)nn1. The van der Waals surface area contributed by atoms with Gasteiger partial charge in [-0.25, -0.2) is 0 Å². The molecule has 0 aliphatic carbocycles. The van der Waals surface area contributed by atoms with Gasteiger partial charge in [-0.3, -0.25) is 9.48 Å². The molecule has 14 heavy (non-hydrogen) atoms. The minimum Gasteiger partial charge on any atom is -0.333 e. The van der Waals surface area contributed by atoms with Gasteiger partial charge in [0.2, 0.25) is 5.91 Å². The van der Waals surface area contributed by atoms with Gasteiger partial charge in [-0.05, 0) is 13.0 Å². The largest absolute Gasteiger partial charge is 0.333 e. The minimum absolute atomic E-state index is 0.0850. The summed E-state index contributed by atoms with van der Waals surface area (Å²) in [5.41, 5.74) is 0.782. The van der Waals surface area contributed by atoms with Gasteiger partial charge >= 0.3 is 0 Å². The molecule has 1 aromatic heterocycles. The summed E-state index contributed by atoms with van der Waals surface area (Å²) in [4.78, 5) is 13.0. The summed E-state index contributed by atoms with van der Waals surface area (Å²) in [5, 5.41) is 7.70. The van der Waals surface area contributed by atoms with E-state index >= 15 is 0 Å². The molecule has 0 saturated carbocycles. The van der Waals surface area contributed by atoms with Gasteiger partial charge < -0.3 is 4.90 Å². The Morgan fingerprint density at radius 1 is 1.79 bits per heavy atom. The Morgan fingerprint density at radius 2 is 2.50 bits per heavy atom. The number of likely N-dealkylation sites (N-methyl/N-ethyl adjacent to an activating group) is 1. The summed E-state index contributed by atoms with van der Waals surface area (Å²) in [6.45, 7) is 6.48. The quantitative estimate of drug-likeness (QED) is 0.650. The molecule has 76 valence electrons. The topological polar surface area (TPSA) is 51.0 Å². The molecule has 1 rings (SSSR count). The van der Waals surface area contributed by atoms with Crippen LogP contribution in [0.4, 0.5) is 0 Å². The van der Waals surface area contributed by atoms with Gasteiger partial charge in [0, 0.05) is 19.8 Å². The van der Waals surface area contributed by atoms with E-state index in [1.165, 1.54) is 6.08 Å². The summed E-state index contributed by atoms with van der Waals surface area (Å²) in [5.74, 6) is -0.0850. The van der Waals surface area contributed by atoms with Gasteiger partial charge in [0.05, 0.1) is 6.54 Å². The van der Waals surface area contributed by atoms with E-state index in [9.17, 15) is 4.79 Å². The number of aromatic nitrogens is 3. The maximum absolute atomic E-state index is 11.3. The molecule has 0 fully saturated rings. The van der Waals surface area contributed by atoms with E-state index in [0.29, 0.717) is 13.1 Å². The highest BCUT2D eigenvalue weighted by molar-refractivity contribution is 5.86. The fourth-order valence-electron chi connectivity index (χ4n) is 1.14. The normalized spacial score (nSPS) is 9.86. The van der Waals surface area contributed by atoms with Crippen LogP contribution in [-0.4, -0.2) is 32.3 Å². The Hall–Kier alpha value is -1.65. The molecule has 0 aromatic carbocycles. The van der Waals surface area contributed by atoms with Crippen molar-refractivity contribution in [3.63, 3.8) is 0 Å². The maximum atomic E-state index is 11.3. The molecule has 0 radical (unpaired) electrons. The first kappa shape index (κ1) is 10.4. The monoisotopic (exact) mass is 194 g/mol. The van der Waals surface area contributed by atoms with Crippen LogP contribution in [-0.2, 0) is 18.4 Å². The van der Waals surface area contributed by atoms with Crippen LogP contribution in [0.3, 0.4) is 0 Å². The molecular formula is C9H14N4O. The number of nitrogens with zero attached hydrogens (tertiary/aromatic N) is 4. The molecule has 0 saturated heterocycles. The molecule has 0 aliphatic rings. The number of rotatable bonds is 4. The van der Waals surface area contributed by atoms with E-state index in [2.05, 4.69) is 16.9 Å². The first-order chi connectivity index (χ1) is 6.67. The maximum Gasteiger partial charge on any atom is 0.246 e. The van der Waals surface area contributed by atoms with Crippen molar-refractivity contribution in [2.75, 3.05) is 6.54 Å². The number of hydrogen-bond acceptors (Lipinski definition) is 3. The highest BCUT2D eigenvalue weighted by atomic mass is 16.2. The van der Waals surface area contributed by atoms with Crippen LogP contribution in [0, 0.1) is 0 Å². The van der Waals surface area contributed by atoms with Gasteiger partial charge in [-0.15, -0.1) is 5.10 Å². The van der Waals surface area contributed by atoms with Crippen LogP contribution in [0.2, 0.25) is 0 Å². The van der Waals surface area contributed by atoms with Crippen LogP contribution in [0.5, 0.6) is 0 Å². The van der Waals surface area contributed by atoms with Crippen molar-refractivity contribution in [1.29, 1.82) is 0 Å². The van der Waals surface area contributed by atoms with Gasteiger partial charge in [-0.1, -0.05) is 11.8 Å². The molecule has 5 heteroatoms. The van der Waals surface area contributed by atoms with Crippen molar-refractivity contribution < 1.29 is 4.79 Å². The average molecular weight is 194 g/mol. The first-order valence-electron chi connectivity index (χ1n) is 4.44. The first-order valence-corrected chi connectivity index (χ1v) is 4.44. The average Bonchev–Trinajstić information content (AvgIpc) is 2.59. The van der Waals surface area contributed by atoms with Gasteiger partial charge in [0.1, 0.15) is 5.69 Å². The third-order valence-electron chi connectivity index (χ3n) is 1.87. The zero-order valence-corrected chi connectivity index (χ0v) is 8.47. The summed E-state index contributed by atoms with van der Waals surface area (Å²) < 4.78 is 1.61. The number of carbonyl (C=O) groups is 1. The van der Waals surface area contributed by atoms with E-state index in [1.54, 1.807) is 22.8 Å². The predicted molar refractivity (Wildman–Crippen MR) is 52.3 cm³/mol. The Kier molecular flexibility index (Phi) is 3.39. The molecule has 0 bridgehead atoms. The predicted octanol–water partition coefficient (Wildman–Crippen LogP) is 0.350. The number of amides is 1. The Bertz CT molecular complexity index is 331. The lowest BCUT2D eigenvalue weighted by Crippen LogP contribution is -2.28. The van der Waals surface area contributed by atoms with Crippen LogP contribution < -0.4 is 0 Å². The summed E-state index contributed by atoms with van der Waals surface area (Å²) in [7, 11) is 1.79. The Balaban J connectivity index is 2.65. The van der Waals surface area contributed by atoms with Crippen molar-refractivity contribution in [2.45, 2.75) is 13.5 Å². The van der Waals surface area contributed by atoms with E-state index < -0.39 is 0 Å². The van der Waals surface area contributed by atoms with Gasteiger partial charge in [0.15, 0.2) is 0 Å². The summed E-state index contributed by atoms with van der Waals surface area (Å²) >= 11 is 0. The van der Waals surface area contributed by atoms with E-state index in [0.717, 1.165) is 5.69 Å². The second-order valence-electron chi connectivity index (χ2n) is 2.94.